The molecule has 20 heavy (non-hydrogen) atoms. The quantitative estimate of drug-likeness (QED) is 0.509. The summed E-state index contributed by atoms with van der Waals surface area (Å²) in [6.45, 7) is 8.48. The second-order valence-electron chi connectivity index (χ2n) is 5.54. The Bertz CT molecular complexity index is 293. The second-order valence-corrected chi connectivity index (χ2v) is 5.54. The van der Waals surface area contributed by atoms with Crippen LogP contribution in [0.25, 0.3) is 0 Å². The maximum atomic E-state index is 9.55. The van der Waals surface area contributed by atoms with Crippen molar-refractivity contribution in [1.29, 1.82) is 0 Å². The molecular formula is C16H30N2O2. The van der Waals surface area contributed by atoms with Gasteiger partial charge in [0.05, 0.1) is 6.61 Å². The molecule has 0 amide bonds. The summed E-state index contributed by atoms with van der Waals surface area (Å²) in [5.74, 6) is 5.48. The Balaban J connectivity index is 1.91. The zero-order valence-corrected chi connectivity index (χ0v) is 13.1. The highest BCUT2D eigenvalue weighted by Gasteiger charge is 2.09. The van der Waals surface area contributed by atoms with Crippen molar-refractivity contribution in [2.24, 2.45) is 0 Å². The van der Waals surface area contributed by atoms with E-state index in [1.807, 2.05) is 7.05 Å². The molecule has 1 atom stereocenters. The Morgan fingerprint density at radius 2 is 2.00 bits per heavy atom. The molecule has 0 radical (unpaired) electrons. The van der Waals surface area contributed by atoms with Crippen LogP contribution in [0, 0.1) is 11.8 Å². The third kappa shape index (κ3) is 8.55. The van der Waals surface area contributed by atoms with Crippen LogP contribution in [0.5, 0.6) is 0 Å². The minimum atomic E-state index is -0.537. The summed E-state index contributed by atoms with van der Waals surface area (Å²) in [5.41, 5.74) is 0. The monoisotopic (exact) mass is 282 g/mol. The Morgan fingerprint density at radius 1 is 1.25 bits per heavy atom. The molecule has 0 saturated carbocycles. The van der Waals surface area contributed by atoms with Crippen LogP contribution in [0.4, 0.5) is 0 Å². The van der Waals surface area contributed by atoms with Gasteiger partial charge in [-0.25, -0.2) is 0 Å². The van der Waals surface area contributed by atoms with Gasteiger partial charge in [-0.3, -0.25) is 0 Å². The molecule has 1 unspecified atom stereocenters. The first-order chi connectivity index (χ1) is 9.72. The van der Waals surface area contributed by atoms with Gasteiger partial charge in [0.2, 0.25) is 0 Å². The lowest BCUT2D eigenvalue weighted by molar-refractivity contribution is 0.0876. The lowest BCUT2D eigenvalue weighted by Crippen LogP contribution is -2.33. The molecule has 1 rings (SSSR count). The van der Waals surface area contributed by atoms with Crippen LogP contribution in [-0.2, 0) is 4.74 Å². The van der Waals surface area contributed by atoms with Crippen molar-refractivity contribution < 1.29 is 9.84 Å². The zero-order chi connectivity index (χ0) is 14.6. The smallest absolute Gasteiger partial charge is 0.127 e. The van der Waals surface area contributed by atoms with E-state index in [1.165, 1.54) is 32.4 Å². The Hall–Kier alpha value is -0.600. The van der Waals surface area contributed by atoms with Gasteiger partial charge in [0.15, 0.2) is 0 Å². The van der Waals surface area contributed by atoms with E-state index >= 15 is 0 Å². The summed E-state index contributed by atoms with van der Waals surface area (Å²) in [5, 5.41) is 9.55. The number of hydrogen-bond acceptors (Lipinski definition) is 4. The molecule has 4 heteroatoms. The highest BCUT2D eigenvalue weighted by molar-refractivity contribution is 5.02. The molecule has 0 aromatic heterocycles. The van der Waals surface area contributed by atoms with E-state index in [2.05, 4.69) is 21.6 Å². The second kappa shape index (κ2) is 11.1. The summed E-state index contributed by atoms with van der Waals surface area (Å²) in [7, 11) is 2.01. The van der Waals surface area contributed by atoms with Crippen molar-refractivity contribution >= 4 is 0 Å². The van der Waals surface area contributed by atoms with E-state index in [0.29, 0.717) is 6.54 Å². The minimum Gasteiger partial charge on any atom is -0.380 e. The Labute approximate surface area is 124 Å². The molecule has 0 bridgehead atoms. The molecular weight excluding hydrogens is 252 g/mol. The average Bonchev–Trinajstić information content (AvgIpc) is 2.44. The fraction of sp³-hybridized carbons (Fsp3) is 0.875. The lowest BCUT2D eigenvalue weighted by Gasteiger charge is -2.26. The van der Waals surface area contributed by atoms with Gasteiger partial charge in [0.1, 0.15) is 6.10 Å². The number of likely N-dealkylation sites (N-methyl/N-ethyl adjacent to an activating group) is 1. The van der Waals surface area contributed by atoms with Crippen molar-refractivity contribution in [1.82, 2.24) is 9.80 Å². The molecule has 0 aliphatic carbocycles. The van der Waals surface area contributed by atoms with E-state index in [9.17, 15) is 5.11 Å². The Morgan fingerprint density at radius 3 is 2.70 bits per heavy atom. The average molecular weight is 282 g/mol. The summed E-state index contributed by atoms with van der Waals surface area (Å²) in [4.78, 5) is 4.60. The number of likely N-dealkylation sites (tertiary alicyclic amines) is 1. The van der Waals surface area contributed by atoms with Gasteiger partial charge in [0, 0.05) is 26.2 Å². The zero-order valence-electron chi connectivity index (χ0n) is 13.1. The molecule has 0 aromatic rings. The summed E-state index contributed by atoms with van der Waals surface area (Å²) >= 11 is 0. The normalized spacial score (nSPS) is 17.8. The standard InChI is InChI=1S/C16H30N2O2/c1-3-8-16(19)15-17(2)9-7-13-20-14-12-18-10-5-4-6-11-18/h16,19H,4-7,9-15H2,1-2H3. The first-order valence-electron chi connectivity index (χ1n) is 7.81. The van der Waals surface area contributed by atoms with Gasteiger partial charge < -0.3 is 19.6 Å². The van der Waals surface area contributed by atoms with E-state index in [1.54, 1.807) is 6.92 Å². The van der Waals surface area contributed by atoms with E-state index < -0.39 is 6.10 Å². The van der Waals surface area contributed by atoms with Crippen molar-refractivity contribution in [3.63, 3.8) is 0 Å². The summed E-state index contributed by atoms with van der Waals surface area (Å²) in [6, 6.07) is 0. The van der Waals surface area contributed by atoms with Crippen molar-refractivity contribution in [3.05, 3.63) is 0 Å². The largest absolute Gasteiger partial charge is 0.380 e. The molecule has 1 saturated heterocycles. The number of rotatable bonds is 9. The molecule has 1 fully saturated rings. The Kier molecular flexibility index (Phi) is 9.69. The van der Waals surface area contributed by atoms with Crippen LogP contribution in [0.2, 0.25) is 0 Å². The third-order valence-electron chi connectivity index (χ3n) is 3.62. The molecule has 1 aliphatic rings. The summed E-state index contributed by atoms with van der Waals surface area (Å²) in [6.07, 6.45) is 4.53. The maximum Gasteiger partial charge on any atom is 0.127 e. The van der Waals surface area contributed by atoms with E-state index in [-0.39, 0.29) is 0 Å². The fourth-order valence-electron chi connectivity index (χ4n) is 2.51. The minimum absolute atomic E-state index is 0.537. The topological polar surface area (TPSA) is 35.9 Å². The van der Waals surface area contributed by atoms with E-state index in [4.69, 9.17) is 4.74 Å². The highest BCUT2D eigenvalue weighted by Crippen LogP contribution is 2.07. The molecule has 1 N–H and O–H groups in total. The third-order valence-corrected chi connectivity index (χ3v) is 3.62. The van der Waals surface area contributed by atoms with E-state index in [0.717, 1.165) is 32.7 Å². The predicted octanol–water partition coefficient (Wildman–Crippen LogP) is 1.19. The van der Waals surface area contributed by atoms with Crippen LogP contribution < -0.4 is 0 Å². The number of piperidine rings is 1. The van der Waals surface area contributed by atoms with Crippen LogP contribution in [0.1, 0.15) is 32.6 Å². The van der Waals surface area contributed by atoms with Crippen LogP contribution in [0.15, 0.2) is 0 Å². The number of nitrogens with zero attached hydrogens (tertiary/aromatic N) is 2. The first kappa shape index (κ1) is 17.5. The highest BCUT2D eigenvalue weighted by atomic mass is 16.5. The predicted molar refractivity (Wildman–Crippen MR) is 82.7 cm³/mol. The van der Waals surface area contributed by atoms with Gasteiger partial charge in [-0.05, 0) is 46.3 Å². The van der Waals surface area contributed by atoms with Crippen LogP contribution in [-0.4, -0.2) is 74.0 Å². The molecule has 116 valence electrons. The van der Waals surface area contributed by atoms with Gasteiger partial charge in [0.25, 0.3) is 0 Å². The van der Waals surface area contributed by atoms with Crippen molar-refractivity contribution in [2.45, 2.75) is 38.7 Å². The molecule has 4 nitrogen and oxygen atoms in total. The number of ether oxygens (including phenoxy) is 1. The number of aliphatic hydroxyl groups excluding tert-OH is 1. The lowest BCUT2D eigenvalue weighted by atomic mass is 10.1. The van der Waals surface area contributed by atoms with Crippen LogP contribution >= 0.6 is 0 Å². The van der Waals surface area contributed by atoms with Gasteiger partial charge in [-0.2, -0.15) is 0 Å². The molecule has 1 aliphatic heterocycles. The van der Waals surface area contributed by atoms with Crippen LogP contribution in [0.3, 0.4) is 0 Å². The fourth-order valence-corrected chi connectivity index (χ4v) is 2.51. The van der Waals surface area contributed by atoms with Gasteiger partial charge in [-0.1, -0.05) is 12.3 Å². The van der Waals surface area contributed by atoms with Crippen molar-refractivity contribution in [2.75, 3.05) is 53.0 Å². The summed E-state index contributed by atoms with van der Waals surface area (Å²) < 4.78 is 5.68. The number of aliphatic hydroxyl groups is 1. The van der Waals surface area contributed by atoms with Gasteiger partial charge >= 0.3 is 0 Å². The SMILES string of the molecule is CC#CC(O)CN(C)CCCOCCN1CCCCC1. The number of hydrogen-bond donors (Lipinski definition) is 1. The van der Waals surface area contributed by atoms with Crippen molar-refractivity contribution in [3.8, 4) is 11.8 Å². The molecule has 0 aromatic carbocycles. The maximum absolute atomic E-state index is 9.55. The van der Waals surface area contributed by atoms with Gasteiger partial charge in [-0.15, -0.1) is 5.92 Å². The molecule has 0 spiro atoms. The first-order valence-corrected chi connectivity index (χ1v) is 7.81. The molecule has 1 heterocycles.